The van der Waals surface area contributed by atoms with Gasteiger partial charge in [0.05, 0.1) is 5.69 Å². The number of furan rings is 1. The number of fused-ring (bicyclic) bond motifs is 6. The lowest BCUT2D eigenvalue weighted by Crippen LogP contribution is -2.11. The first kappa shape index (κ1) is 33.6. The summed E-state index contributed by atoms with van der Waals surface area (Å²) in [5.74, 6) is 0. The molecule has 0 unspecified atom stereocenters. The molecular formula is C56H37NO. The van der Waals surface area contributed by atoms with Crippen LogP contribution in [0.3, 0.4) is 0 Å². The van der Waals surface area contributed by atoms with Gasteiger partial charge < -0.3 is 9.32 Å². The maximum atomic E-state index is 6.30. The first-order valence-electron chi connectivity index (χ1n) is 19.8. The van der Waals surface area contributed by atoms with Gasteiger partial charge in [-0.2, -0.15) is 0 Å². The van der Waals surface area contributed by atoms with Crippen molar-refractivity contribution in [2.75, 3.05) is 4.90 Å². The van der Waals surface area contributed by atoms with E-state index in [1.807, 2.05) is 12.1 Å². The van der Waals surface area contributed by atoms with E-state index in [0.29, 0.717) is 0 Å². The number of nitrogens with zero attached hydrogens (tertiary/aromatic N) is 1. The molecule has 0 bridgehead atoms. The Balaban J connectivity index is 1.01. The highest BCUT2D eigenvalue weighted by atomic mass is 16.3. The highest BCUT2D eigenvalue weighted by Gasteiger charge is 2.19. The largest absolute Gasteiger partial charge is 0.456 e. The molecule has 0 radical (unpaired) electrons. The van der Waals surface area contributed by atoms with E-state index in [-0.39, 0.29) is 0 Å². The van der Waals surface area contributed by atoms with E-state index in [4.69, 9.17) is 4.42 Å². The summed E-state index contributed by atoms with van der Waals surface area (Å²) >= 11 is 0. The van der Waals surface area contributed by atoms with E-state index in [1.165, 1.54) is 54.9 Å². The summed E-state index contributed by atoms with van der Waals surface area (Å²) in [7, 11) is 0. The number of hydrogen-bond donors (Lipinski definition) is 0. The fraction of sp³-hybridized carbons (Fsp3) is 0. The van der Waals surface area contributed by atoms with Crippen LogP contribution >= 0.6 is 0 Å². The molecule has 0 saturated carbocycles. The summed E-state index contributed by atoms with van der Waals surface area (Å²) in [6.45, 7) is 0. The molecule has 58 heavy (non-hydrogen) atoms. The van der Waals surface area contributed by atoms with Crippen molar-refractivity contribution in [3.8, 4) is 44.5 Å². The van der Waals surface area contributed by atoms with Crippen LogP contribution < -0.4 is 4.90 Å². The maximum Gasteiger partial charge on any atom is 0.136 e. The van der Waals surface area contributed by atoms with E-state index in [2.05, 4.69) is 217 Å². The molecule has 1 aromatic heterocycles. The molecule has 1 heterocycles. The van der Waals surface area contributed by atoms with Gasteiger partial charge >= 0.3 is 0 Å². The smallest absolute Gasteiger partial charge is 0.136 e. The van der Waals surface area contributed by atoms with Gasteiger partial charge in [-0.3, -0.25) is 0 Å². The molecule has 10 aromatic carbocycles. The molecule has 0 saturated heterocycles. The van der Waals surface area contributed by atoms with E-state index < -0.39 is 0 Å². The molecule has 11 aromatic rings. The number of rotatable bonds is 7. The second kappa shape index (κ2) is 14.1. The van der Waals surface area contributed by atoms with Gasteiger partial charge in [0.25, 0.3) is 0 Å². The molecule has 0 aliphatic carbocycles. The Hall–Kier alpha value is -7.68. The number of para-hydroxylation sites is 2. The van der Waals surface area contributed by atoms with Crippen molar-refractivity contribution in [1.82, 2.24) is 0 Å². The molecule has 272 valence electrons. The highest BCUT2D eigenvalue weighted by Crippen LogP contribution is 2.44. The van der Waals surface area contributed by atoms with Crippen LogP contribution in [0.25, 0.3) is 88.0 Å². The molecule has 0 aliphatic rings. The standard InChI is InChI=1S/C56H37NO/c1-2-11-38(12-3-1)40-27-32-46(33-28-40)57(47-34-29-41(30-35-47)39-21-23-43(24-22-39)49-18-10-14-42-13-4-5-15-48(42)49)53-19-8-6-16-50(53)45-26-25-44-31-36-55-56(52(44)37-45)51-17-7-9-20-54(51)58-55/h1-37H. The molecular weight excluding hydrogens is 703 g/mol. The molecule has 2 heteroatoms. The van der Waals surface area contributed by atoms with Gasteiger partial charge in [-0.25, -0.2) is 0 Å². The number of hydrogen-bond acceptors (Lipinski definition) is 2. The minimum atomic E-state index is 0.905. The Bertz CT molecular complexity index is 3250. The molecule has 0 spiro atoms. The predicted molar refractivity (Wildman–Crippen MR) is 245 cm³/mol. The molecule has 0 aliphatic heterocycles. The number of anilines is 3. The zero-order valence-electron chi connectivity index (χ0n) is 31.7. The molecule has 0 N–H and O–H groups in total. The van der Waals surface area contributed by atoms with Crippen LogP contribution in [-0.4, -0.2) is 0 Å². The van der Waals surface area contributed by atoms with Crippen LogP contribution in [0.15, 0.2) is 229 Å². The summed E-state index contributed by atoms with van der Waals surface area (Å²) < 4.78 is 6.30. The van der Waals surface area contributed by atoms with Crippen molar-refractivity contribution in [2.45, 2.75) is 0 Å². The van der Waals surface area contributed by atoms with Crippen LogP contribution in [0.1, 0.15) is 0 Å². The Morgan fingerprint density at radius 3 is 1.57 bits per heavy atom. The van der Waals surface area contributed by atoms with Gasteiger partial charge in [0.1, 0.15) is 11.2 Å². The fourth-order valence-corrected chi connectivity index (χ4v) is 8.61. The first-order chi connectivity index (χ1) is 28.7. The SMILES string of the molecule is c1ccc(-c2ccc(N(c3ccc(-c4ccc(-c5cccc6ccccc56)cc4)cc3)c3ccccc3-c3ccc4ccc5oc6ccccc6c5c4c3)cc2)cc1. The molecule has 0 atom stereocenters. The summed E-state index contributed by atoms with van der Waals surface area (Å²) in [6.07, 6.45) is 0. The lowest BCUT2D eigenvalue weighted by Gasteiger charge is -2.28. The van der Waals surface area contributed by atoms with Crippen molar-refractivity contribution in [3.63, 3.8) is 0 Å². The Morgan fingerprint density at radius 2 is 0.810 bits per heavy atom. The summed E-state index contributed by atoms with van der Waals surface area (Å²) in [4.78, 5) is 2.38. The van der Waals surface area contributed by atoms with Crippen molar-refractivity contribution in [3.05, 3.63) is 224 Å². The van der Waals surface area contributed by atoms with Gasteiger partial charge in [0.15, 0.2) is 0 Å². The third-order valence-corrected chi connectivity index (χ3v) is 11.5. The maximum absolute atomic E-state index is 6.30. The van der Waals surface area contributed by atoms with E-state index in [9.17, 15) is 0 Å². The normalized spacial score (nSPS) is 11.4. The van der Waals surface area contributed by atoms with Crippen LogP contribution in [0.4, 0.5) is 17.1 Å². The molecule has 0 fully saturated rings. The van der Waals surface area contributed by atoms with Gasteiger partial charge in [-0.15, -0.1) is 0 Å². The van der Waals surface area contributed by atoms with Crippen molar-refractivity contribution in [1.29, 1.82) is 0 Å². The minimum absolute atomic E-state index is 0.905. The molecule has 11 rings (SSSR count). The average molecular weight is 740 g/mol. The van der Waals surface area contributed by atoms with Crippen molar-refractivity contribution < 1.29 is 4.42 Å². The molecule has 2 nitrogen and oxygen atoms in total. The Kier molecular flexibility index (Phi) is 8.19. The summed E-state index contributed by atoms with van der Waals surface area (Å²) in [6, 6.07) is 80.7. The van der Waals surface area contributed by atoms with E-state index in [1.54, 1.807) is 0 Å². The van der Waals surface area contributed by atoms with Crippen molar-refractivity contribution in [2.24, 2.45) is 0 Å². The monoisotopic (exact) mass is 739 g/mol. The van der Waals surface area contributed by atoms with Crippen LogP contribution in [0.5, 0.6) is 0 Å². The van der Waals surface area contributed by atoms with E-state index >= 15 is 0 Å². The van der Waals surface area contributed by atoms with Crippen LogP contribution in [-0.2, 0) is 0 Å². The van der Waals surface area contributed by atoms with Gasteiger partial charge in [0, 0.05) is 27.7 Å². The average Bonchev–Trinajstić information content (AvgIpc) is 3.69. The first-order valence-corrected chi connectivity index (χ1v) is 19.8. The van der Waals surface area contributed by atoms with E-state index in [0.717, 1.165) is 50.1 Å². The second-order valence-corrected chi connectivity index (χ2v) is 14.9. The highest BCUT2D eigenvalue weighted by molar-refractivity contribution is 6.19. The van der Waals surface area contributed by atoms with Crippen LogP contribution in [0, 0.1) is 0 Å². The zero-order chi connectivity index (χ0) is 38.4. The predicted octanol–water partition coefficient (Wildman–Crippen LogP) is 16.0. The fourth-order valence-electron chi connectivity index (χ4n) is 8.61. The Labute approximate surface area is 337 Å². The lowest BCUT2D eigenvalue weighted by atomic mass is 9.95. The summed E-state index contributed by atoms with van der Waals surface area (Å²) in [5, 5.41) is 7.19. The minimum Gasteiger partial charge on any atom is -0.456 e. The number of benzene rings is 10. The summed E-state index contributed by atoms with van der Waals surface area (Å²) in [5.41, 5.74) is 14.6. The third-order valence-electron chi connectivity index (χ3n) is 11.5. The van der Waals surface area contributed by atoms with Gasteiger partial charge in [0.2, 0.25) is 0 Å². The lowest BCUT2D eigenvalue weighted by molar-refractivity contribution is 0.669. The Morgan fingerprint density at radius 1 is 0.293 bits per heavy atom. The van der Waals surface area contributed by atoms with Crippen molar-refractivity contribution >= 4 is 60.5 Å². The van der Waals surface area contributed by atoms with Crippen LogP contribution in [0.2, 0.25) is 0 Å². The second-order valence-electron chi connectivity index (χ2n) is 14.9. The zero-order valence-corrected chi connectivity index (χ0v) is 31.7. The van der Waals surface area contributed by atoms with Gasteiger partial charge in [-0.05, 0) is 109 Å². The quantitative estimate of drug-likeness (QED) is 0.162. The topological polar surface area (TPSA) is 16.4 Å². The third kappa shape index (κ3) is 5.91. The molecule has 0 amide bonds. The van der Waals surface area contributed by atoms with Gasteiger partial charge in [-0.1, -0.05) is 176 Å².